The van der Waals surface area contributed by atoms with Crippen LogP contribution in [0, 0.1) is 5.92 Å². The second-order valence-corrected chi connectivity index (χ2v) is 3.33. The molecule has 62 valence electrons. The number of amides is 1. The summed E-state index contributed by atoms with van der Waals surface area (Å²) in [4.78, 5) is 10.3. The van der Waals surface area contributed by atoms with Gasteiger partial charge in [0.1, 0.15) is 0 Å². The van der Waals surface area contributed by atoms with Gasteiger partial charge in [0.15, 0.2) is 0 Å². The number of carbonyl (C=O) groups is 1. The van der Waals surface area contributed by atoms with Crippen molar-refractivity contribution in [2.45, 2.75) is 24.9 Å². The molecule has 1 heterocycles. The molecule has 4 heteroatoms. The van der Waals surface area contributed by atoms with Crippen LogP contribution in [0.3, 0.4) is 0 Å². The molecule has 0 aromatic heterocycles. The Labute approximate surface area is 65.0 Å². The van der Waals surface area contributed by atoms with Gasteiger partial charge in [-0.15, -0.1) is 0 Å². The van der Waals surface area contributed by atoms with Gasteiger partial charge in [-0.3, -0.25) is 0 Å². The Balaban J connectivity index is 1.99. The second-order valence-electron chi connectivity index (χ2n) is 3.33. The fraction of sp³-hybridized carbons (Fsp3) is 0.857. The van der Waals surface area contributed by atoms with Crippen molar-refractivity contribution in [3.05, 3.63) is 0 Å². The fourth-order valence-electron chi connectivity index (χ4n) is 2.20. The lowest BCUT2D eigenvalue weighted by molar-refractivity contribution is 0.188. The first-order valence-electron chi connectivity index (χ1n) is 4.00. The molecule has 2 aliphatic rings. The van der Waals surface area contributed by atoms with Crippen LogP contribution in [0.2, 0.25) is 0 Å². The zero-order valence-corrected chi connectivity index (χ0v) is 6.21. The summed E-state index contributed by atoms with van der Waals surface area (Å²) in [6.07, 6.45) is 1.40. The maximum absolute atomic E-state index is 10.3. The average Bonchev–Trinajstić information content (AvgIpc) is 2.48. The van der Waals surface area contributed by atoms with E-state index in [0.29, 0.717) is 12.0 Å². The van der Waals surface area contributed by atoms with E-state index in [0.717, 1.165) is 13.0 Å². The minimum absolute atomic E-state index is 0.174. The van der Waals surface area contributed by atoms with Crippen molar-refractivity contribution in [2.24, 2.45) is 5.92 Å². The highest BCUT2D eigenvalue weighted by Gasteiger charge is 2.42. The van der Waals surface area contributed by atoms with Crippen molar-refractivity contribution in [2.75, 3.05) is 6.54 Å². The minimum Gasteiger partial charge on any atom is -0.465 e. The zero-order valence-electron chi connectivity index (χ0n) is 6.21. The minimum atomic E-state index is -0.893. The molecule has 0 aromatic rings. The molecule has 0 radical (unpaired) electrons. The van der Waals surface area contributed by atoms with Crippen molar-refractivity contribution in [1.82, 2.24) is 10.6 Å². The summed E-state index contributed by atoms with van der Waals surface area (Å²) in [5.74, 6) is 0.538. The Morgan fingerprint density at radius 2 is 2.36 bits per heavy atom. The molecule has 1 saturated heterocycles. The zero-order chi connectivity index (χ0) is 7.84. The number of nitrogens with one attached hydrogen (secondary N) is 2. The fourth-order valence-corrected chi connectivity index (χ4v) is 2.20. The largest absolute Gasteiger partial charge is 0.465 e. The Kier molecular flexibility index (Phi) is 1.49. The van der Waals surface area contributed by atoms with Crippen molar-refractivity contribution in [3.63, 3.8) is 0 Å². The van der Waals surface area contributed by atoms with Crippen molar-refractivity contribution < 1.29 is 9.90 Å². The van der Waals surface area contributed by atoms with Crippen LogP contribution in [0.1, 0.15) is 12.8 Å². The van der Waals surface area contributed by atoms with E-state index in [9.17, 15) is 4.79 Å². The van der Waals surface area contributed by atoms with Crippen LogP contribution in [0.25, 0.3) is 0 Å². The van der Waals surface area contributed by atoms with Crippen molar-refractivity contribution in [1.29, 1.82) is 0 Å². The number of hydrogen-bond donors (Lipinski definition) is 3. The van der Waals surface area contributed by atoms with Gasteiger partial charge in [-0.2, -0.15) is 0 Å². The van der Waals surface area contributed by atoms with Crippen LogP contribution in [0.15, 0.2) is 0 Å². The van der Waals surface area contributed by atoms with E-state index in [1.54, 1.807) is 0 Å². The van der Waals surface area contributed by atoms with Gasteiger partial charge in [-0.25, -0.2) is 4.79 Å². The average molecular weight is 156 g/mol. The first-order chi connectivity index (χ1) is 5.27. The molecule has 3 atom stereocenters. The van der Waals surface area contributed by atoms with Gasteiger partial charge in [0.2, 0.25) is 0 Å². The van der Waals surface area contributed by atoms with E-state index in [2.05, 4.69) is 10.6 Å². The first-order valence-corrected chi connectivity index (χ1v) is 4.00. The van der Waals surface area contributed by atoms with Crippen LogP contribution >= 0.6 is 0 Å². The van der Waals surface area contributed by atoms with Crippen LogP contribution in [0.5, 0.6) is 0 Å². The summed E-state index contributed by atoms with van der Waals surface area (Å²) in [5.41, 5.74) is 0. The third kappa shape index (κ3) is 1.07. The third-order valence-corrected chi connectivity index (χ3v) is 2.72. The van der Waals surface area contributed by atoms with Gasteiger partial charge in [-0.05, 0) is 18.8 Å². The van der Waals surface area contributed by atoms with Gasteiger partial charge in [0, 0.05) is 12.6 Å². The van der Waals surface area contributed by atoms with E-state index >= 15 is 0 Å². The molecular formula is C7H12N2O2. The van der Waals surface area contributed by atoms with Crippen molar-refractivity contribution >= 4 is 6.09 Å². The molecule has 0 aromatic carbocycles. The normalized spacial score (nSPS) is 40.9. The predicted molar refractivity (Wildman–Crippen MR) is 39.5 cm³/mol. The van der Waals surface area contributed by atoms with Crippen LogP contribution < -0.4 is 10.6 Å². The number of fused-ring (bicyclic) bond motifs is 2. The molecule has 2 fully saturated rings. The van der Waals surface area contributed by atoms with E-state index in [1.165, 1.54) is 6.42 Å². The molecular weight excluding hydrogens is 144 g/mol. The van der Waals surface area contributed by atoms with Crippen LogP contribution in [0.4, 0.5) is 4.79 Å². The van der Waals surface area contributed by atoms with Gasteiger partial charge in [0.25, 0.3) is 0 Å². The first kappa shape index (κ1) is 6.91. The topological polar surface area (TPSA) is 61.4 Å². The monoisotopic (exact) mass is 156 g/mol. The molecule has 11 heavy (non-hydrogen) atoms. The van der Waals surface area contributed by atoms with Gasteiger partial charge >= 0.3 is 6.09 Å². The lowest BCUT2D eigenvalue weighted by Crippen LogP contribution is -2.41. The van der Waals surface area contributed by atoms with Crippen molar-refractivity contribution in [3.8, 4) is 0 Å². The van der Waals surface area contributed by atoms with E-state index in [-0.39, 0.29) is 6.04 Å². The van der Waals surface area contributed by atoms with Gasteiger partial charge in [-0.1, -0.05) is 0 Å². The summed E-state index contributed by atoms with van der Waals surface area (Å²) in [6, 6.07) is 0.573. The number of piperidine rings is 1. The Bertz CT molecular complexity index is 163. The summed E-state index contributed by atoms with van der Waals surface area (Å²) >= 11 is 0. The summed E-state index contributed by atoms with van der Waals surface area (Å²) < 4.78 is 0. The van der Waals surface area contributed by atoms with Crippen LogP contribution in [-0.2, 0) is 0 Å². The lowest BCUT2D eigenvalue weighted by atomic mass is 10.1. The highest BCUT2D eigenvalue weighted by Crippen LogP contribution is 2.30. The number of hydrogen-bond acceptors (Lipinski definition) is 2. The molecule has 1 saturated carbocycles. The molecule has 3 N–H and O–H groups in total. The van der Waals surface area contributed by atoms with Gasteiger partial charge < -0.3 is 15.7 Å². The molecule has 2 rings (SSSR count). The smallest absolute Gasteiger partial charge is 0.404 e. The molecule has 2 bridgehead atoms. The second kappa shape index (κ2) is 2.37. The Hall–Kier alpha value is -0.770. The molecule has 3 unspecified atom stereocenters. The SMILES string of the molecule is O=C(O)NC1C2CCC1NC2. The van der Waals surface area contributed by atoms with E-state index in [4.69, 9.17) is 5.11 Å². The van der Waals surface area contributed by atoms with Crippen LogP contribution in [-0.4, -0.2) is 29.8 Å². The highest BCUT2D eigenvalue weighted by molar-refractivity contribution is 5.65. The molecule has 0 spiro atoms. The van der Waals surface area contributed by atoms with Gasteiger partial charge in [0.05, 0.1) is 6.04 Å². The maximum atomic E-state index is 10.3. The maximum Gasteiger partial charge on any atom is 0.404 e. The van der Waals surface area contributed by atoms with E-state index in [1.807, 2.05) is 0 Å². The third-order valence-electron chi connectivity index (χ3n) is 2.72. The highest BCUT2D eigenvalue weighted by atomic mass is 16.4. The lowest BCUT2D eigenvalue weighted by Gasteiger charge is -2.13. The summed E-state index contributed by atoms with van der Waals surface area (Å²) in [6.45, 7) is 0.982. The van der Waals surface area contributed by atoms with E-state index < -0.39 is 6.09 Å². The standard InChI is InChI=1S/C7H12N2O2/c10-7(11)9-6-4-1-2-5(6)8-3-4/h4-6,8-9H,1-3H2,(H,10,11). The molecule has 1 amide bonds. The molecule has 4 nitrogen and oxygen atoms in total. The predicted octanol–water partition coefficient (Wildman–Crippen LogP) is 0.00440. The summed E-state index contributed by atoms with van der Waals surface area (Å²) in [5, 5.41) is 14.3. The molecule has 1 aliphatic carbocycles. The molecule has 1 aliphatic heterocycles. The quantitative estimate of drug-likeness (QED) is 0.501. The Morgan fingerprint density at radius 1 is 1.55 bits per heavy atom. The summed E-state index contributed by atoms with van der Waals surface area (Å²) in [7, 11) is 0. The number of carboxylic acid groups (broad SMARTS) is 1. The number of rotatable bonds is 1. The Morgan fingerprint density at radius 3 is 2.73 bits per heavy atom.